The van der Waals surface area contributed by atoms with Gasteiger partial charge in [-0.2, -0.15) is 0 Å². The first-order chi connectivity index (χ1) is 12.1. The summed E-state index contributed by atoms with van der Waals surface area (Å²) in [4.78, 5) is 30.6. The van der Waals surface area contributed by atoms with Crippen molar-refractivity contribution in [1.82, 2.24) is 9.88 Å². The molecule has 1 aromatic carbocycles. The average molecular weight is 338 g/mol. The molecule has 0 saturated heterocycles. The van der Waals surface area contributed by atoms with E-state index >= 15 is 0 Å². The number of fused-ring (bicyclic) bond motifs is 1. The minimum Gasteiger partial charge on any atom is -0.497 e. The standard InChI is InChI=1S/C20H22N2O3/c1-14-18-12-17(25-2)6-5-15(18)9-11-22(14)20(24)8-7-19(23)16-4-3-10-21-13-16/h3-6,10,12-14H,7-9,11H2,1-2H3. The second-order valence-electron chi connectivity index (χ2n) is 6.24. The summed E-state index contributed by atoms with van der Waals surface area (Å²) in [6.07, 6.45) is 4.42. The maximum absolute atomic E-state index is 12.6. The molecular weight excluding hydrogens is 316 g/mol. The normalized spacial score (nSPS) is 16.2. The Morgan fingerprint density at radius 2 is 2.12 bits per heavy atom. The molecule has 0 radical (unpaired) electrons. The molecule has 1 atom stereocenters. The zero-order chi connectivity index (χ0) is 17.8. The molecule has 130 valence electrons. The molecule has 3 rings (SSSR count). The van der Waals surface area contributed by atoms with E-state index < -0.39 is 0 Å². The number of amides is 1. The largest absolute Gasteiger partial charge is 0.497 e. The Morgan fingerprint density at radius 1 is 1.28 bits per heavy atom. The predicted molar refractivity (Wildman–Crippen MR) is 94.6 cm³/mol. The molecule has 0 saturated carbocycles. The molecule has 1 aliphatic rings. The van der Waals surface area contributed by atoms with E-state index in [1.165, 1.54) is 5.56 Å². The summed E-state index contributed by atoms with van der Waals surface area (Å²) in [7, 11) is 1.64. The highest BCUT2D eigenvalue weighted by atomic mass is 16.5. The third kappa shape index (κ3) is 3.71. The number of carbonyl (C=O) groups is 2. The fourth-order valence-corrected chi connectivity index (χ4v) is 3.30. The number of aromatic nitrogens is 1. The summed E-state index contributed by atoms with van der Waals surface area (Å²) >= 11 is 0. The van der Waals surface area contributed by atoms with Crippen LogP contribution in [0.1, 0.15) is 47.3 Å². The molecule has 5 nitrogen and oxygen atoms in total. The smallest absolute Gasteiger partial charge is 0.223 e. The summed E-state index contributed by atoms with van der Waals surface area (Å²) < 4.78 is 5.30. The lowest BCUT2D eigenvalue weighted by molar-refractivity contribution is -0.133. The van der Waals surface area contributed by atoms with Crippen molar-refractivity contribution < 1.29 is 14.3 Å². The minimum absolute atomic E-state index is 0.0122. The van der Waals surface area contributed by atoms with Crippen molar-refractivity contribution in [2.24, 2.45) is 0 Å². The van der Waals surface area contributed by atoms with Crippen LogP contribution in [0, 0.1) is 0 Å². The maximum atomic E-state index is 12.6. The molecule has 0 spiro atoms. The highest BCUT2D eigenvalue weighted by molar-refractivity contribution is 5.97. The molecule has 2 aromatic rings. The molecule has 2 heterocycles. The number of Topliss-reactive ketones (excluding diaryl/α,β-unsaturated/α-hetero) is 1. The third-order valence-corrected chi connectivity index (χ3v) is 4.76. The average Bonchev–Trinajstić information content (AvgIpc) is 2.66. The van der Waals surface area contributed by atoms with Crippen molar-refractivity contribution in [3.8, 4) is 5.75 Å². The number of rotatable bonds is 5. The number of ketones is 1. The van der Waals surface area contributed by atoms with E-state index in [-0.39, 0.29) is 30.6 Å². The topological polar surface area (TPSA) is 59.5 Å². The van der Waals surface area contributed by atoms with Gasteiger partial charge in [0, 0.05) is 37.3 Å². The van der Waals surface area contributed by atoms with Crippen LogP contribution in [0.5, 0.6) is 5.75 Å². The number of pyridine rings is 1. The van der Waals surface area contributed by atoms with Crippen LogP contribution in [0.4, 0.5) is 0 Å². The highest BCUT2D eigenvalue weighted by Crippen LogP contribution is 2.32. The lowest BCUT2D eigenvalue weighted by Crippen LogP contribution is -2.39. The van der Waals surface area contributed by atoms with E-state index in [1.54, 1.807) is 31.6 Å². The summed E-state index contributed by atoms with van der Waals surface area (Å²) in [6.45, 7) is 2.71. The predicted octanol–water partition coefficient (Wildman–Crippen LogP) is 3.20. The highest BCUT2D eigenvalue weighted by Gasteiger charge is 2.28. The van der Waals surface area contributed by atoms with Crippen molar-refractivity contribution >= 4 is 11.7 Å². The van der Waals surface area contributed by atoms with Crippen LogP contribution in [0.15, 0.2) is 42.7 Å². The molecule has 0 aliphatic carbocycles. The number of benzene rings is 1. The molecule has 5 heteroatoms. The van der Waals surface area contributed by atoms with Crippen molar-refractivity contribution in [3.05, 3.63) is 59.4 Å². The number of hydrogen-bond acceptors (Lipinski definition) is 4. The lowest BCUT2D eigenvalue weighted by Gasteiger charge is -2.35. The summed E-state index contributed by atoms with van der Waals surface area (Å²) in [6, 6.07) is 9.46. The first kappa shape index (κ1) is 17.1. The van der Waals surface area contributed by atoms with Crippen LogP contribution in [-0.2, 0) is 11.2 Å². The number of ether oxygens (including phenoxy) is 1. The number of nitrogens with zero attached hydrogens (tertiary/aromatic N) is 2. The third-order valence-electron chi connectivity index (χ3n) is 4.76. The molecule has 1 aromatic heterocycles. The van der Waals surface area contributed by atoms with Gasteiger partial charge >= 0.3 is 0 Å². The van der Waals surface area contributed by atoms with Gasteiger partial charge in [-0.1, -0.05) is 6.07 Å². The van der Waals surface area contributed by atoms with E-state index in [2.05, 4.69) is 11.1 Å². The monoisotopic (exact) mass is 338 g/mol. The molecular formula is C20H22N2O3. The van der Waals surface area contributed by atoms with E-state index in [4.69, 9.17) is 4.74 Å². The Hall–Kier alpha value is -2.69. The molecule has 0 fully saturated rings. The van der Waals surface area contributed by atoms with Gasteiger partial charge in [0.15, 0.2) is 5.78 Å². The van der Waals surface area contributed by atoms with Crippen molar-refractivity contribution in [3.63, 3.8) is 0 Å². The van der Waals surface area contributed by atoms with Crippen molar-refractivity contribution in [2.75, 3.05) is 13.7 Å². The Kier molecular flexibility index (Phi) is 5.12. The van der Waals surface area contributed by atoms with Gasteiger partial charge in [-0.3, -0.25) is 14.6 Å². The minimum atomic E-state index is -0.0480. The van der Waals surface area contributed by atoms with Crippen LogP contribution < -0.4 is 4.74 Å². The van der Waals surface area contributed by atoms with Crippen LogP contribution in [-0.4, -0.2) is 35.2 Å². The number of methoxy groups -OCH3 is 1. The van der Waals surface area contributed by atoms with E-state index in [9.17, 15) is 9.59 Å². The quantitative estimate of drug-likeness (QED) is 0.786. The second-order valence-corrected chi connectivity index (χ2v) is 6.24. The SMILES string of the molecule is COc1ccc2c(c1)C(C)N(C(=O)CCC(=O)c1cccnc1)CC2. The van der Waals surface area contributed by atoms with E-state index in [0.717, 1.165) is 17.7 Å². The van der Waals surface area contributed by atoms with Crippen LogP contribution in [0.2, 0.25) is 0 Å². The molecule has 1 aliphatic heterocycles. The first-order valence-electron chi connectivity index (χ1n) is 8.49. The van der Waals surface area contributed by atoms with Crippen LogP contribution in [0.25, 0.3) is 0 Å². The molecule has 1 amide bonds. The maximum Gasteiger partial charge on any atom is 0.223 e. The zero-order valence-electron chi connectivity index (χ0n) is 14.6. The molecule has 25 heavy (non-hydrogen) atoms. The fourth-order valence-electron chi connectivity index (χ4n) is 3.30. The van der Waals surface area contributed by atoms with Crippen molar-refractivity contribution in [2.45, 2.75) is 32.2 Å². The fraction of sp³-hybridized carbons (Fsp3) is 0.350. The second kappa shape index (κ2) is 7.47. The van der Waals surface area contributed by atoms with E-state index in [0.29, 0.717) is 12.1 Å². The van der Waals surface area contributed by atoms with Gasteiger partial charge < -0.3 is 9.64 Å². The lowest BCUT2D eigenvalue weighted by atomic mass is 9.93. The Balaban J connectivity index is 1.65. The van der Waals surface area contributed by atoms with Gasteiger partial charge in [0.25, 0.3) is 0 Å². The van der Waals surface area contributed by atoms with Gasteiger partial charge in [0.2, 0.25) is 5.91 Å². The summed E-state index contributed by atoms with van der Waals surface area (Å²) in [5, 5.41) is 0. The molecule has 1 unspecified atom stereocenters. The number of hydrogen-bond donors (Lipinski definition) is 0. The van der Waals surface area contributed by atoms with Gasteiger partial charge in [-0.25, -0.2) is 0 Å². The van der Waals surface area contributed by atoms with Crippen LogP contribution in [0.3, 0.4) is 0 Å². The molecule has 0 N–H and O–H groups in total. The van der Waals surface area contributed by atoms with Crippen LogP contribution >= 0.6 is 0 Å². The summed E-state index contributed by atoms with van der Waals surface area (Å²) in [5.74, 6) is 0.762. The van der Waals surface area contributed by atoms with E-state index in [1.807, 2.05) is 24.0 Å². The zero-order valence-corrected chi connectivity index (χ0v) is 14.6. The Bertz CT molecular complexity index is 774. The first-order valence-corrected chi connectivity index (χ1v) is 8.49. The Labute approximate surface area is 147 Å². The van der Waals surface area contributed by atoms with Gasteiger partial charge in [-0.05, 0) is 48.7 Å². The number of carbonyl (C=O) groups excluding carboxylic acids is 2. The summed E-state index contributed by atoms with van der Waals surface area (Å²) in [5.41, 5.74) is 2.93. The Morgan fingerprint density at radius 3 is 2.84 bits per heavy atom. The van der Waals surface area contributed by atoms with Gasteiger partial charge in [0.1, 0.15) is 5.75 Å². The van der Waals surface area contributed by atoms with Crippen molar-refractivity contribution in [1.29, 1.82) is 0 Å². The molecule has 0 bridgehead atoms. The van der Waals surface area contributed by atoms with Gasteiger partial charge in [0.05, 0.1) is 13.2 Å². The van der Waals surface area contributed by atoms with Gasteiger partial charge in [-0.15, -0.1) is 0 Å².